The number of benzene rings is 10. The van der Waals surface area contributed by atoms with E-state index in [1.54, 1.807) is 0 Å². The van der Waals surface area contributed by atoms with Crippen LogP contribution < -0.4 is 0 Å². The number of aryl methyl sites for hydroxylation is 1. The fraction of sp³-hybridized carbons (Fsp3) is 0.0303. The number of rotatable bonds is 5. The predicted molar refractivity (Wildman–Crippen MR) is 296 cm³/mol. The first-order valence-electron chi connectivity index (χ1n) is 24.7. The number of nitrogens with zero attached hydrogens (tertiary/aromatic N) is 5. The van der Waals surface area contributed by atoms with Crippen molar-refractivity contribution in [1.29, 1.82) is 0 Å². The fourth-order valence-electron chi connectivity index (χ4n) is 12.7. The minimum absolute atomic E-state index is 0.971. The zero-order valence-electron chi connectivity index (χ0n) is 38.7. The summed E-state index contributed by atoms with van der Waals surface area (Å²) in [6, 6.07) is 87.4. The highest BCUT2D eigenvalue weighted by molar-refractivity contribution is 6.19. The molecular formula is C66H43N5. The first-order chi connectivity index (χ1) is 35.3. The van der Waals surface area contributed by atoms with E-state index in [0.717, 1.165) is 35.6 Å². The molecule has 10 aromatic carbocycles. The van der Waals surface area contributed by atoms with E-state index >= 15 is 0 Å². The Morgan fingerprint density at radius 1 is 0.225 bits per heavy atom. The second kappa shape index (κ2) is 14.6. The summed E-state index contributed by atoms with van der Waals surface area (Å²) in [6.07, 6.45) is 1.94. The van der Waals surface area contributed by atoms with Crippen molar-refractivity contribution in [2.45, 2.75) is 12.8 Å². The van der Waals surface area contributed by atoms with Crippen LogP contribution in [-0.2, 0) is 12.8 Å². The van der Waals surface area contributed by atoms with Crippen LogP contribution in [0, 0.1) is 0 Å². The van der Waals surface area contributed by atoms with Crippen molar-refractivity contribution >= 4 is 87.2 Å². The number of para-hydroxylation sites is 7. The predicted octanol–water partition coefficient (Wildman–Crippen LogP) is 16.6. The zero-order valence-corrected chi connectivity index (χ0v) is 38.7. The van der Waals surface area contributed by atoms with E-state index < -0.39 is 0 Å². The summed E-state index contributed by atoms with van der Waals surface area (Å²) in [5.74, 6) is 0. The molecule has 0 saturated carbocycles. The molecule has 5 heteroatoms. The number of aromatic nitrogens is 5. The van der Waals surface area contributed by atoms with Crippen LogP contribution in [0.1, 0.15) is 11.3 Å². The molecule has 0 spiro atoms. The average Bonchev–Trinajstić information content (AvgIpc) is 4.22. The van der Waals surface area contributed by atoms with Gasteiger partial charge in [0.1, 0.15) is 0 Å². The lowest BCUT2D eigenvalue weighted by Crippen LogP contribution is -2.09. The standard InChI is InChI=1S/C66H43N5/c1-2-18-42(19-3-1)67-61-35-15-9-29-53(61)65-62(67)37-36-52-49-26-6-14-34-60(49)71(66(52)65)46-23-17-22-45(39-46)70-59-33-13-8-28-51(59)55-40-63-54(41-64(55)70)50-27-7-12-32-58(50)69(63)44-21-16-20-43(38-44)68-56-30-10-4-24-47(56)48-25-5-11-31-57(48)68/h1-35,38-41H,36-37H2. The van der Waals surface area contributed by atoms with E-state index in [1.165, 1.54) is 115 Å². The molecule has 332 valence electrons. The number of fused-ring (bicyclic) bond motifs is 16. The summed E-state index contributed by atoms with van der Waals surface area (Å²) < 4.78 is 12.4. The molecule has 1 aliphatic carbocycles. The van der Waals surface area contributed by atoms with Gasteiger partial charge in [-0.25, -0.2) is 0 Å². The maximum absolute atomic E-state index is 2.56. The molecule has 71 heavy (non-hydrogen) atoms. The number of hydrogen-bond acceptors (Lipinski definition) is 0. The molecule has 0 amide bonds. The van der Waals surface area contributed by atoms with Crippen LogP contribution in [0.3, 0.4) is 0 Å². The molecule has 1 aliphatic rings. The van der Waals surface area contributed by atoms with E-state index in [-0.39, 0.29) is 0 Å². The van der Waals surface area contributed by atoms with Gasteiger partial charge in [-0.3, -0.25) is 0 Å². The normalized spacial score (nSPS) is 12.7. The van der Waals surface area contributed by atoms with Crippen LogP contribution in [-0.4, -0.2) is 22.8 Å². The Kier molecular flexibility index (Phi) is 7.94. The molecule has 0 atom stereocenters. The third-order valence-corrected chi connectivity index (χ3v) is 15.6. The summed E-state index contributed by atoms with van der Waals surface area (Å²) in [7, 11) is 0. The molecule has 0 N–H and O–H groups in total. The second-order valence-corrected chi connectivity index (χ2v) is 19.2. The molecule has 15 aromatic rings. The third kappa shape index (κ3) is 5.35. The van der Waals surface area contributed by atoms with Gasteiger partial charge in [-0.15, -0.1) is 0 Å². The lowest BCUT2D eigenvalue weighted by molar-refractivity contribution is 0.862. The van der Waals surface area contributed by atoms with Crippen molar-refractivity contribution < 1.29 is 0 Å². The van der Waals surface area contributed by atoms with Crippen molar-refractivity contribution in [2.24, 2.45) is 0 Å². The minimum Gasteiger partial charge on any atom is -0.313 e. The van der Waals surface area contributed by atoms with Crippen molar-refractivity contribution in [3.05, 3.63) is 248 Å². The van der Waals surface area contributed by atoms with Crippen LogP contribution in [0.15, 0.2) is 237 Å². The molecular weight excluding hydrogens is 863 g/mol. The molecule has 0 fully saturated rings. The van der Waals surface area contributed by atoms with Gasteiger partial charge >= 0.3 is 0 Å². The Morgan fingerprint density at radius 2 is 0.577 bits per heavy atom. The van der Waals surface area contributed by atoms with Crippen LogP contribution in [0.5, 0.6) is 0 Å². The Balaban J connectivity index is 0.914. The highest BCUT2D eigenvalue weighted by Crippen LogP contribution is 2.48. The Bertz CT molecular complexity index is 4650. The topological polar surface area (TPSA) is 24.6 Å². The van der Waals surface area contributed by atoms with Gasteiger partial charge in [0.15, 0.2) is 0 Å². The lowest BCUT2D eigenvalue weighted by atomic mass is 9.91. The zero-order chi connectivity index (χ0) is 46.3. The largest absolute Gasteiger partial charge is 0.313 e. The minimum atomic E-state index is 0.971. The summed E-state index contributed by atoms with van der Waals surface area (Å²) in [4.78, 5) is 0. The van der Waals surface area contributed by atoms with Gasteiger partial charge in [-0.05, 0) is 115 Å². The van der Waals surface area contributed by atoms with Gasteiger partial charge in [0.25, 0.3) is 0 Å². The maximum atomic E-state index is 2.56. The lowest BCUT2D eigenvalue weighted by Gasteiger charge is -2.20. The Morgan fingerprint density at radius 3 is 1.07 bits per heavy atom. The van der Waals surface area contributed by atoms with E-state index in [2.05, 4.69) is 259 Å². The van der Waals surface area contributed by atoms with Gasteiger partial charge in [-0.1, -0.05) is 140 Å². The average molecular weight is 906 g/mol. The quantitative estimate of drug-likeness (QED) is 0.164. The van der Waals surface area contributed by atoms with E-state index in [4.69, 9.17) is 0 Å². The molecule has 5 nitrogen and oxygen atoms in total. The number of hydrogen-bond donors (Lipinski definition) is 0. The van der Waals surface area contributed by atoms with Crippen LogP contribution >= 0.6 is 0 Å². The van der Waals surface area contributed by atoms with Gasteiger partial charge in [0.2, 0.25) is 0 Å². The first kappa shape index (κ1) is 38.6. The van der Waals surface area contributed by atoms with Gasteiger partial charge < -0.3 is 22.8 Å². The molecule has 5 heterocycles. The van der Waals surface area contributed by atoms with E-state index in [9.17, 15) is 0 Å². The first-order valence-corrected chi connectivity index (χ1v) is 24.7. The third-order valence-electron chi connectivity index (χ3n) is 15.6. The van der Waals surface area contributed by atoms with Crippen LogP contribution in [0.4, 0.5) is 0 Å². The van der Waals surface area contributed by atoms with Gasteiger partial charge in [0, 0.05) is 82.8 Å². The van der Waals surface area contributed by atoms with Crippen LogP contribution in [0.25, 0.3) is 127 Å². The molecule has 16 rings (SSSR count). The van der Waals surface area contributed by atoms with Crippen LogP contribution in [0.2, 0.25) is 0 Å². The fourth-order valence-corrected chi connectivity index (χ4v) is 12.7. The summed E-state index contributed by atoms with van der Waals surface area (Å²) in [5.41, 5.74) is 20.8. The highest BCUT2D eigenvalue weighted by Gasteiger charge is 2.31. The monoisotopic (exact) mass is 905 g/mol. The van der Waals surface area contributed by atoms with Gasteiger partial charge in [-0.2, -0.15) is 0 Å². The smallest absolute Gasteiger partial charge is 0.0597 e. The van der Waals surface area contributed by atoms with Gasteiger partial charge in [0.05, 0.1) is 49.8 Å². The molecule has 0 bridgehead atoms. The molecule has 0 saturated heterocycles. The Hall–Kier alpha value is -9.32. The summed E-state index contributed by atoms with van der Waals surface area (Å²) >= 11 is 0. The van der Waals surface area contributed by atoms with Crippen molar-refractivity contribution in [2.75, 3.05) is 0 Å². The summed E-state index contributed by atoms with van der Waals surface area (Å²) in [6.45, 7) is 0. The Labute approximate surface area is 408 Å². The van der Waals surface area contributed by atoms with Crippen molar-refractivity contribution in [3.63, 3.8) is 0 Å². The van der Waals surface area contributed by atoms with E-state index in [1.807, 2.05) is 0 Å². The SMILES string of the molecule is c1ccc(-n2c3c(c4ccccc42)-c2c(c4ccccc4n2-c2cccc(-n4c5ccccc5c5cc6c(cc54)c4ccccc4n6-c4cccc(-n5c6ccccc6c6ccccc65)c4)c2)CC3)cc1. The van der Waals surface area contributed by atoms with Crippen molar-refractivity contribution in [3.8, 4) is 39.7 Å². The molecule has 0 radical (unpaired) electrons. The summed E-state index contributed by atoms with van der Waals surface area (Å²) in [5, 5.41) is 10.0. The maximum Gasteiger partial charge on any atom is 0.0597 e. The highest BCUT2D eigenvalue weighted by atomic mass is 15.1. The molecule has 5 aromatic heterocycles. The van der Waals surface area contributed by atoms with E-state index in [0.29, 0.717) is 0 Å². The molecule has 0 unspecified atom stereocenters. The second-order valence-electron chi connectivity index (χ2n) is 19.2. The van der Waals surface area contributed by atoms with Crippen molar-refractivity contribution in [1.82, 2.24) is 22.8 Å². The molecule has 0 aliphatic heterocycles.